The number of carboxylic acids is 1. The largest absolute Gasteiger partial charge is 0.489 e. The van der Waals surface area contributed by atoms with Crippen molar-refractivity contribution in [1.82, 2.24) is 9.88 Å². The molecule has 0 spiro atoms. The van der Waals surface area contributed by atoms with Crippen LogP contribution in [-0.2, 0) is 16.1 Å². The summed E-state index contributed by atoms with van der Waals surface area (Å²) in [5.74, 6) is -0.0970. The third-order valence-electron chi connectivity index (χ3n) is 4.87. The summed E-state index contributed by atoms with van der Waals surface area (Å²) in [5.41, 5.74) is 2.74. The van der Waals surface area contributed by atoms with E-state index in [9.17, 15) is 9.90 Å². The Hall–Kier alpha value is -2.83. The Morgan fingerprint density at radius 2 is 1.96 bits per heavy atom. The van der Waals surface area contributed by atoms with Crippen LogP contribution < -0.4 is 4.74 Å². The van der Waals surface area contributed by atoms with E-state index in [0.717, 1.165) is 27.8 Å². The molecular formula is C21H22N2O4. The normalized spacial score (nSPS) is 16.3. The standard InChI is InChI=1S/C21H22N2O4/c24-21(25)20(23-8-10-26-11-9-23)18-13-22-19-12-16(6-7-17(18)19)27-14-15-4-2-1-3-5-15/h1-7,12-13,20,22H,8-11,14H2,(H,24,25). The van der Waals surface area contributed by atoms with Crippen molar-refractivity contribution >= 4 is 16.9 Å². The Labute approximate surface area is 157 Å². The molecule has 0 bridgehead atoms. The van der Waals surface area contributed by atoms with E-state index >= 15 is 0 Å². The van der Waals surface area contributed by atoms with E-state index in [1.807, 2.05) is 53.4 Å². The zero-order chi connectivity index (χ0) is 18.6. The van der Waals surface area contributed by atoms with Crippen LogP contribution in [0.2, 0.25) is 0 Å². The van der Waals surface area contributed by atoms with Crippen molar-refractivity contribution < 1.29 is 19.4 Å². The average Bonchev–Trinajstić information content (AvgIpc) is 3.11. The molecular weight excluding hydrogens is 344 g/mol. The molecule has 1 fully saturated rings. The van der Waals surface area contributed by atoms with Gasteiger partial charge in [-0.3, -0.25) is 9.69 Å². The topological polar surface area (TPSA) is 74.8 Å². The molecule has 140 valence electrons. The summed E-state index contributed by atoms with van der Waals surface area (Å²) in [7, 11) is 0. The fraction of sp³-hybridized carbons (Fsp3) is 0.286. The molecule has 27 heavy (non-hydrogen) atoms. The highest BCUT2D eigenvalue weighted by molar-refractivity contribution is 5.89. The zero-order valence-electron chi connectivity index (χ0n) is 14.9. The van der Waals surface area contributed by atoms with E-state index in [1.165, 1.54) is 0 Å². The van der Waals surface area contributed by atoms with Crippen LogP contribution in [0.4, 0.5) is 0 Å². The summed E-state index contributed by atoms with van der Waals surface area (Å²) in [6, 6.07) is 15.0. The Morgan fingerprint density at radius 1 is 1.19 bits per heavy atom. The van der Waals surface area contributed by atoms with Crippen LogP contribution in [0.15, 0.2) is 54.7 Å². The molecule has 1 aromatic heterocycles. The first-order valence-corrected chi connectivity index (χ1v) is 9.05. The number of nitrogens with zero attached hydrogens (tertiary/aromatic N) is 1. The molecule has 0 saturated carbocycles. The maximum atomic E-state index is 11.9. The lowest BCUT2D eigenvalue weighted by Gasteiger charge is -2.31. The number of nitrogens with one attached hydrogen (secondary N) is 1. The molecule has 3 aromatic rings. The number of carboxylic acid groups (broad SMARTS) is 1. The SMILES string of the molecule is O=C(O)C(c1c[nH]c2cc(OCc3ccccc3)ccc12)N1CCOCC1. The third kappa shape index (κ3) is 3.82. The van der Waals surface area contributed by atoms with Gasteiger partial charge in [-0.15, -0.1) is 0 Å². The van der Waals surface area contributed by atoms with Gasteiger partial charge in [0.2, 0.25) is 0 Å². The smallest absolute Gasteiger partial charge is 0.325 e. The summed E-state index contributed by atoms with van der Waals surface area (Å²) in [6.45, 7) is 2.84. The van der Waals surface area contributed by atoms with Gasteiger partial charge in [0.25, 0.3) is 0 Å². The van der Waals surface area contributed by atoms with Crippen molar-refractivity contribution in [3.05, 3.63) is 65.9 Å². The quantitative estimate of drug-likeness (QED) is 0.701. The summed E-state index contributed by atoms with van der Waals surface area (Å²) < 4.78 is 11.2. The lowest BCUT2D eigenvalue weighted by atomic mass is 10.0. The van der Waals surface area contributed by atoms with Crippen molar-refractivity contribution in [3.63, 3.8) is 0 Å². The van der Waals surface area contributed by atoms with E-state index in [2.05, 4.69) is 4.98 Å². The third-order valence-corrected chi connectivity index (χ3v) is 4.87. The van der Waals surface area contributed by atoms with Crippen LogP contribution in [0, 0.1) is 0 Å². The summed E-state index contributed by atoms with van der Waals surface area (Å²) in [4.78, 5) is 17.1. The molecule has 1 aliphatic rings. The monoisotopic (exact) mass is 366 g/mol. The summed E-state index contributed by atoms with van der Waals surface area (Å²) >= 11 is 0. The number of fused-ring (bicyclic) bond motifs is 1. The maximum Gasteiger partial charge on any atom is 0.325 e. The number of aromatic amines is 1. The van der Waals surface area contributed by atoms with Crippen LogP contribution in [0.3, 0.4) is 0 Å². The first-order chi connectivity index (χ1) is 13.2. The minimum Gasteiger partial charge on any atom is -0.489 e. The van der Waals surface area contributed by atoms with Crippen LogP contribution in [0.1, 0.15) is 17.2 Å². The molecule has 6 nitrogen and oxygen atoms in total. The van der Waals surface area contributed by atoms with Crippen LogP contribution >= 0.6 is 0 Å². The maximum absolute atomic E-state index is 11.9. The summed E-state index contributed by atoms with van der Waals surface area (Å²) in [6.07, 6.45) is 1.79. The number of morpholine rings is 1. The van der Waals surface area contributed by atoms with E-state index < -0.39 is 12.0 Å². The van der Waals surface area contributed by atoms with Crippen molar-refractivity contribution in [1.29, 1.82) is 0 Å². The van der Waals surface area contributed by atoms with Gasteiger partial charge < -0.3 is 19.6 Å². The minimum atomic E-state index is -0.845. The molecule has 0 radical (unpaired) electrons. The van der Waals surface area contributed by atoms with Crippen LogP contribution in [-0.4, -0.2) is 47.3 Å². The van der Waals surface area contributed by atoms with E-state index in [4.69, 9.17) is 9.47 Å². The predicted molar refractivity (Wildman–Crippen MR) is 102 cm³/mol. The van der Waals surface area contributed by atoms with Gasteiger partial charge in [0, 0.05) is 41.8 Å². The van der Waals surface area contributed by atoms with Gasteiger partial charge in [-0.05, 0) is 17.7 Å². The Balaban J connectivity index is 1.56. The van der Waals surface area contributed by atoms with Gasteiger partial charge in [0.05, 0.1) is 13.2 Å². The molecule has 1 atom stereocenters. The molecule has 0 aliphatic carbocycles. The van der Waals surface area contributed by atoms with Crippen LogP contribution in [0.5, 0.6) is 5.75 Å². The van der Waals surface area contributed by atoms with Gasteiger partial charge in [-0.1, -0.05) is 30.3 Å². The van der Waals surface area contributed by atoms with Gasteiger partial charge in [-0.25, -0.2) is 0 Å². The van der Waals surface area contributed by atoms with Gasteiger partial charge in [0.1, 0.15) is 18.4 Å². The number of benzene rings is 2. The van der Waals surface area contributed by atoms with E-state index in [1.54, 1.807) is 6.20 Å². The zero-order valence-corrected chi connectivity index (χ0v) is 14.9. The lowest BCUT2D eigenvalue weighted by Crippen LogP contribution is -2.42. The first-order valence-electron chi connectivity index (χ1n) is 9.05. The molecule has 2 N–H and O–H groups in total. The number of H-pyrrole nitrogens is 1. The molecule has 1 saturated heterocycles. The lowest BCUT2D eigenvalue weighted by molar-refractivity contribution is -0.145. The fourth-order valence-electron chi connectivity index (χ4n) is 3.51. The molecule has 1 unspecified atom stereocenters. The molecule has 1 aliphatic heterocycles. The van der Waals surface area contributed by atoms with E-state index in [0.29, 0.717) is 32.9 Å². The highest BCUT2D eigenvalue weighted by Gasteiger charge is 2.30. The Bertz CT molecular complexity index is 916. The highest BCUT2D eigenvalue weighted by atomic mass is 16.5. The fourth-order valence-corrected chi connectivity index (χ4v) is 3.51. The number of hydrogen-bond donors (Lipinski definition) is 2. The number of ether oxygens (including phenoxy) is 2. The Morgan fingerprint density at radius 3 is 2.70 bits per heavy atom. The van der Waals surface area contributed by atoms with Gasteiger partial charge in [0.15, 0.2) is 0 Å². The predicted octanol–water partition coefficient (Wildman–Crippen LogP) is 3.20. The summed E-state index contributed by atoms with van der Waals surface area (Å²) in [5, 5.41) is 10.7. The van der Waals surface area contributed by atoms with Crippen molar-refractivity contribution in [2.75, 3.05) is 26.3 Å². The van der Waals surface area contributed by atoms with E-state index in [-0.39, 0.29) is 0 Å². The molecule has 2 heterocycles. The highest BCUT2D eigenvalue weighted by Crippen LogP contribution is 2.31. The second-order valence-corrected chi connectivity index (χ2v) is 6.61. The average molecular weight is 366 g/mol. The number of aliphatic carboxylic acids is 1. The second kappa shape index (κ2) is 7.82. The van der Waals surface area contributed by atoms with Crippen molar-refractivity contribution in [3.8, 4) is 5.75 Å². The number of hydrogen-bond acceptors (Lipinski definition) is 4. The molecule has 2 aromatic carbocycles. The minimum absolute atomic E-state index is 0.492. The molecule has 4 rings (SSSR count). The molecule has 0 amide bonds. The second-order valence-electron chi connectivity index (χ2n) is 6.61. The first kappa shape index (κ1) is 17.6. The number of aromatic nitrogens is 1. The number of rotatable bonds is 6. The van der Waals surface area contributed by atoms with Crippen molar-refractivity contribution in [2.24, 2.45) is 0 Å². The van der Waals surface area contributed by atoms with Crippen molar-refractivity contribution in [2.45, 2.75) is 12.6 Å². The Kier molecular flexibility index (Phi) is 5.09. The van der Waals surface area contributed by atoms with Crippen LogP contribution in [0.25, 0.3) is 10.9 Å². The molecule has 6 heteroatoms. The van der Waals surface area contributed by atoms with Gasteiger partial charge in [-0.2, -0.15) is 0 Å². The number of carbonyl (C=O) groups is 1. The van der Waals surface area contributed by atoms with Gasteiger partial charge >= 0.3 is 5.97 Å².